The predicted octanol–water partition coefficient (Wildman–Crippen LogP) is 6.51. The normalized spacial score (nSPS) is 22.9. The number of Topliss-reactive ketones (excluding diaryl/α,β-unsaturated/α-hetero) is 1. The van der Waals surface area contributed by atoms with Gasteiger partial charge in [-0.1, -0.05) is 68.0 Å². The number of aryl methyl sites for hydroxylation is 1. The zero-order chi connectivity index (χ0) is 25.0. The molecule has 0 spiro atoms. The number of carbonyl (C=O) groups is 1. The Labute approximate surface area is 210 Å². The monoisotopic (exact) mass is 470 g/mol. The van der Waals surface area contributed by atoms with Crippen LogP contribution in [0.15, 0.2) is 72.6 Å². The van der Waals surface area contributed by atoms with Gasteiger partial charge in [-0.05, 0) is 37.8 Å². The third-order valence-electron chi connectivity index (χ3n) is 8.03. The van der Waals surface area contributed by atoms with E-state index in [0.29, 0.717) is 5.82 Å². The first-order valence-corrected chi connectivity index (χ1v) is 12.4. The van der Waals surface area contributed by atoms with E-state index in [-0.39, 0.29) is 23.3 Å². The van der Waals surface area contributed by atoms with Crippen LogP contribution in [0.1, 0.15) is 37.1 Å². The van der Waals surface area contributed by atoms with Gasteiger partial charge in [0.1, 0.15) is 0 Å². The molecule has 0 N–H and O–H groups in total. The molecule has 2 aliphatic rings. The Morgan fingerprint density at radius 2 is 1.83 bits per heavy atom. The number of pyridine rings is 1. The summed E-state index contributed by atoms with van der Waals surface area (Å²) in [6, 6.07) is 18.5. The van der Waals surface area contributed by atoms with Gasteiger partial charge in [0.05, 0.1) is 23.5 Å². The van der Waals surface area contributed by atoms with Gasteiger partial charge in [-0.15, -0.1) is 0 Å². The van der Waals surface area contributed by atoms with Crippen LogP contribution in [0, 0.1) is 25.3 Å². The summed E-state index contributed by atoms with van der Waals surface area (Å²) < 4.78 is 0. The predicted molar refractivity (Wildman–Crippen MR) is 141 cm³/mol. The Morgan fingerprint density at radius 1 is 1.06 bits per heavy atom. The molecule has 2 heterocycles. The van der Waals surface area contributed by atoms with Crippen LogP contribution in [0.2, 0.25) is 0 Å². The smallest absolute Gasteiger partial charge is 0.226 e. The Morgan fingerprint density at radius 3 is 2.61 bits per heavy atom. The van der Waals surface area contributed by atoms with Gasteiger partial charge in [-0.25, -0.2) is 14.8 Å². The molecule has 5 heteroatoms. The minimum absolute atomic E-state index is 0.0518. The Kier molecular flexibility index (Phi) is 5.08. The van der Waals surface area contributed by atoms with Crippen LogP contribution < -0.4 is 0 Å². The fourth-order valence-electron chi connectivity index (χ4n) is 6.11. The van der Waals surface area contributed by atoms with E-state index in [4.69, 9.17) is 16.5 Å². The molecule has 0 aliphatic heterocycles. The largest absolute Gasteiger partial charge is 0.308 e. The average molecular weight is 471 g/mol. The van der Waals surface area contributed by atoms with E-state index in [2.05, 4.69) is 54.0 Å². The number of para-hydroxylation sites is 1. The third-order valence-corrected chi connectivity index (χ3v) is 8.03. The van der Waals surface area contributed by atoms with Crippen molar-refractivity contribution in [3.8, 4) is 22.6 Å². The number of aromatic nitrogens is 3. The maximum absolute atomic E-state index is 12.9. The highest BCUT2D eigenvalue weighted by atomic mass is 16.1. The van der Waals surface area contributed by atoms with Crippen molar-refractivity contribution in [2.24, 2.45) is 11.8 Å². The molecule has 4 aromatic rings. The average Bonchev–Trinajstić information content (AvgIpc) is 2.90. The maximum Gasteiger partial charge on any atom is 0.226 e. The van der Waals surface area contributed by atoms with Crippen LogP contribution in [0.5, 0.6) is 0 Å². The van der Waals surface area contributed by atoms with Crippen molar-refractivity contribution in [3.05, 3.63) is 101 Å². The van der Waals surface area contributed by atoms with Gasteiger partial charge in [0.2, 0.25) is 5.70 Å². The molecule has 6 rings (SSSR count). The number of nitrogens with zero attached hydrogens (tertiary/aromatic N) is 4. The van der Waals surface area contributed by atoms with E-state index in [1.165, 1.54) is 5.56 Å². The molecule has 36 heavy (non-hydrogen) atoms. The van der Waals surface area contributed by atoms with Crippen LogP contribution >= 0.6 is 0 Å². The van der Waals surface area contributed by atoms with Crippen molar-refractivity contribution >= 4 is 16.7 Å². The van der Waals surface area contributed by atoms with Crippen LogP contribution in [-0.2, 0) is 16.6 Å². The van der Waals surface area contributed by atoms with Gasteiger partial charge < -0.3 is 4.79 Å². The minimum Gasteiger partial charge on any atom is -0.308 e. The highest BCUT2D eigenvalue weighted by molar-refractivity contribution is 6.00. The quantitative estimate of drug-likeness (QED) is 0.313. The number of allylic oxidation sites excluding steroid dienone is 2. The summed E-state index contributed by atoms with van der Waals surface area (Å²) >= 11 is 0. The molecule has 0 fully saturated rings. The summed E-state index contributed by atoms with van der Waals surface area (Å²) in [4.78, 5) is 31.4. The molecule has 2 aliphatic carbocycles. The first-order chi connectivity index (χ1) is 17.4. The summed E-state index contributed by atoms with van der Waals surface area (Å²) in [5.74, 6) is 0.460. The van der Waals surface area contributed by atoms with Crippen LogP contribution in [-0.4, -0.2) is 20.7 Å². The third kappa shape index (κ3) is 3.29. The molecule has 0 bridgehead atoms. The van der Waals surface area contributed by atoms with E-state index in [1.54, 1.807) is 6.20 Å². The van der Waals surface area contributed by atoms with Gasteiger partial charge in [-0.3, -0.25) is 4.98 Å². The molecule has 0 unspecified atom stereocenters. The van der Waals surface area contributed by atoms with E-state index in [0.717, 1.165) is 51.8 Å². The maximum atomic E-state index is 12.9. The van der Waals surface area contributed by atoms with Crippen molar-refractivity contribution in [1.82, 2.24) is 15.0 Å². The number of fused-ring (bicyclic) bond motifs is 4. The van der Waals surface area contributed by atoms with E-state index < -0.39 is 5.41 Å². The van der Waals surface area contributed by atoms with E-state index >= 15 is 0 Å². The lowest BCUT2D eigenvalue weighted by Crippen LogP contribution is -2.46. The highest BCUT2D eigenvalue weighted by Crippen LogP contribution is 2.51. The number of hydrogen-bond acceptors (Lipinski definition) is 4. The molecule has 176 valence electrons. The van der Waals surface area contributed by atoms with Gasteiger partial charge in [0.25, 0.3) is 0 Å². The van der Waals surface area contributed by atoms with Crippen molar-refractivity contribution in [2.75, 3.05) is 0 Å². The van der Waals surface area contributed by atoms with E-state index in [9.17, 15) is 4.79 Å². The van der Waals surface area contributed by atoms with E-state index in [1.807, 2.05) is 37.3 Å². The van der Waals surface area contributed by atoms with Crippen molar-refractivity contribution < 1.29 is 4.79 Å². The fraction of sp³-hybridized carbons (Fsp3) is 0.258. The van der Waals surface area contributed by atoms with Gasteiger partial charge in [0, 0.05) is 39.6 Å². The lowest BCUT2D eigenvalue weighted by Gasteiger charge is -2.46. The number of hydrogen-bond donors (Lipinski definition) is 0. The summed E-state index contributed by atoms with van der Waals surface area (Å²) in [5, 5.41) is 0.997. The summed E-state index contributed by atoms with van der Waals surface area (Å²) in [6.45, 7) is 13.8. The standard InChI is InChI=1S/C31H26N4O/c1-18-9-11-20(12-10-18)27-23-13-14-24-19(2)28(36)26(32-4)17-31(24,3)29(23)35-30(34-27)22-15-16-33-25-8-6-5-7-21(22)25/h5-12,15-17,19,24H,13-14H2,1-3H3/t19-,24-,31-/m1/s1. The first kappa shape index (κ1) is 22.3. The topological polar surface area (TPSA) is 60.1 Å². The van der Waals surface area contributed by atoms with Crippen LogP contribution in [0.25, 0.3) is 38.4 Å². The molecule has 0 amide bonds. The summed E-state index contributed by atoms with van der Waals surface area (Å²) in [7, 11) is 0. The zero-order valence-corrected chi connectivity index (χ0v) is 20.6. The van der Waals surface area contributed by atoms with Crippen molar-refractivity contribution in [3.63, 3.8) is 0 Å². The van der Waals surface area contributed by atoms with Gasteiger partial charge in [-0.2, -0.15) is 0 Å². The molecule has 2 aromatic carbocycles. The van der Waals surface area contributed by atoms with Crippen LogP contribution in [0.4, 0.5) is 0 Å². The Hall–Kier alpha value is -4.17. The second kappa shape index (κ2) is 8.20. The zero-order valence-electron chi connectivity index (χ0n) is 20.6. The Bertz CT molecular complexity index is 1610. The molecular formula is C31H26N4O. The molecule has 0 radical (unpaired) electrons. The molecule has 5 nitrogen and oxygen atoms in total. The number of carbonyl (C=O) groups excluding carboxylic acids is 1. The second-order valence-corrected chi connectivity index (χ2v) is 10.2. The first-order valence-electron chi connectivity index (χ1n) is 12.4. The SMILES string of the molecule is [C-]#[N+]C1=C[C@@]2(C)c3nc(-c4ccnc5ccccc45)nc(-c4ccc(C)cc4)c3CC[C@@H]2[C@@H](C)C1=O. The van der Waals surface area contributed by atoms with Crippen LogP contribution in [0.3, 0.4) is 0 Å². The lowest BCUT2D eigenvalue weighted by molar-refractivity contribution is -0.121. The Balaban J connectivity index is 1.68. The molecule has 3 atom stereocenters. The highest BCUT2D eigenvalue weighted by Gasteiger charge is 2.49. The van der Waals surface area contributed by atoms with Crippen molar-refractivity contribution in [1.29, 1.82) is 0 Å². The van der Waals surface area contributed by atoms with Crippen molar-refractivity contribution in [2.45, 2.75) is 39.0 Å². The minimum atomic E-state index is -0.527. The van der Waals surface area contributed by atoms with Gasteiger partial charge >= 0.3 is 0 Å². The summed E-state index contributed by atoms with van der Waals surface area (Å²) in [6.07, 6.45) is 5.34. The summed E-state index contributed by atoms with van der Waals surface area (Å²) in [5.41, 5.74) is 6.73. The number of rotatable bonds is 2. The molecule has 2 aromatic heterocycles. The fourth-order valence-corrected chi connectivity index (χ4v) is 6.11. The molecule has 0 saturated heterocycles. The lowest BCUT2D eigenvalue weighted by atomic mass is 9.58. The molecular weight excluding hydrogens is 444 g/mol. The molecule has 0 saturated carbocycles. The second-order valence-electron chi connectivity index (χ2n) is 10.2. The van der Waals surface area contributed by atoms with Gasteiger partial charge in [0.15, 0.2) is 11.6 Å². The number of benzene rings is 2. The number of ketones is 1.